The Morgan fingerprint density at radius 3 is 2.82 bits per heavy atom. The van der Waals surface area contributed by atoms with E-state index in [1.54, 1.807) is 37.1 Å². The molecule has 2 N–H and O–H groups in total. The zero-order chi connectivity index (χ0) is 15.9. The van der Waals surface area contributed by atoms with E-state index in [1.807, 2.05) is 0 Å². The van der Waals surface area contributed by atoms with Gasteiger partial charge in [-0.15, -0.1) is 0 Å². The molecule has 6 heteroatoms. The van der Waals surface area contributed by atoms with Crippen LogP contribution < -0.4 is 10.5 Å². The molecule has 0 radical (unpaired) electrons. The Kier molecular flexibility index (Phi) is 3.52. The summed E-state index contributed by atoms with van der Waals surface area (Å²) in [5.74, 6) is 0.477. The molecular weight excluding hydrogens is 284 g/mol. The van der Waals surface area contributed by atoms with Gasteiger partial charge < -0.3 is 19.8 Å². The van der Waals surface area contributed by atoms with Crippen LogP contribution in [0.1, 0.15) is 22.5 Å². The first kappa shape index (κ1) is 14.4. The number of carbonyl (C=O) groups excluding carboxylic acids is 2. The van der Waals surface area contributed by atoms with Crippen LogP contribution in [0.5, 0.6) is 5.75 Å². The number of likely N-dealkylation sites (tertiary alicyclic amines) is 1. The van der Waals surface area contributed by atoms with Gasteiger partial charge in [0.25, 0.3) is 5.91 Å². The smallest absolute Gasteiger partial charge is 0.258 e. The molecule has 1 aliphatic heterocycles. The van der Waals surface area contributed by atoms with Crippen molar-refractivity contribution in [1.29, 1.82) is 0 Å². The number of hydrogen-bond donors (Lipinski definition) is 1. The summed E-state index contributed by atoms with van der Waals surface area (Å²) in [6.07, 6.45) is 0.610. The van der Waals surface area contributed by atoms with E-state index in [4.69, 9.17) is 14.9 Å². The maximum atomic E-state index is 12.8. The van der Waals surface area contributed by atoms with Crippen molar-refractivity contribution in [3.8, 4) is 5.75 Å². The molecule has 1 aromatic heterocycles. The van der Waals surface area contributed by atoms with Gasteiger partial charge >= 0.3 is 0 Å². The lowest BCUT2D eigenvalue weighted by atomic mass is 10.1. The average molecular weight is 302 g/mol. The van der Waals surface area contributed by atoms with Crippen LogP contribution in [0.4, 0.5) is 0 Å². The van der Waals surface area contributed by atoms with E-state index < -0.39 is 0 Å². The number of carbonyl (C=O) groups is 2. The highest BCUT2D eigenvalue weighted by atomic mass is 16.5. The highest BCUT2D eigenvalue weighted by Gasteiger charge is 2.32. The first-order valence-corrected chi connectivity index (χ1v) is 7.17. The molecular formula is C16H18N2O4. The van der Waals surface area contributed by atoms with Crippen molar-refractivity contribution in [2.24, 2.45) is 11.7 Å². The van der Waals surface area contributed by atoms with Crippen LogP contribution in [0, 0.1) is 12.8 Å². The van der Waals surface area contributed by atoms with Crippen LogP contribution in [-0.4, -0.2) is 36.9 Å². The van der Waals surface area contributed by atoms with Gasteiger partial charge in [-0.1, -0.05) is 0 Å². The molecule has 22 heavy (non-hydrogen) atoms. The number of furan rings is 1. The maximum absolute atomic E-state index is 12.8. The number of nitrogens with zero attached hydrogens (tertiary/aromatic N) is 1. The predicted octanol–water partition coefficient (Wildman–Crippen LogP) is 1.70. The second-order valence-corrected chi connectivity index (χ2v) is 5.53. The fraction of sp³-hybridized carbons (Fsp3) is 0.375. The van der Waals surface area contributed by atoms with Gasteiger partial charge in [0, 0.05) is 18.5 Å². The molecule has 0 saturated carbocycles. The van der Waals surface area contributed by atoms with Gasteiger partial charge in [0.15, 0.2) is 0 Å². The van der Waals surface area contributed by atoms with Crippen molar-refractivity contribution in [3.05, 3.63) is 29.5 Å². The van der Waals surface area contributed by atoms with E-state index in [0.717, 1.165) is 5.39 Å². The fourth-order valence-corrected chi connectivity index (χ4v) is 2.93. The number of amides is 2. The Labute approximate surface area is 127 Å². The summed E-state index contributed by atoms with van der Waals surface area (Å²) in [6, 6.07) is 5.37. The molecule has 3 rings (SSSR count). The first-order chi connectivity index (χ1) is 10.5. The molecule has 2 heterocycles. The average Bonchev–Trinajstić information content (AvgIpc) is 3.09. The van der Waals surface area contributed by atoms with E-state index >= 15 is 0 Å². The largest absolute Gasteiger partial charge is 0.497 e. The minimum Gasteiger partial charge on any atom is -0.497 e. The van der Waals surface area contributed by atoms with Crippen molar-refractivity contribution in [1.82, 2.24) is 4.90 Å². The molecule has 1 aromatic carbocycles. The number of methoxy groups -OCH3 is 1. The minimum atomic E-state index is -0.356. The quantitative estimate of drug-likeness (QED) is 0.935. The van der Waals surface area contributed by atoms with E-state index in [1.165, 1.54) is 0 Å². The second kappa shape index (κ2) is 5.36. The summed E-state index contributed by atoms with van der Waals surface area (Å²) >= 11 is 0. The Hall–Kier alpha value is -2.50. The molecule has 0 aliphatic carbocycles. The minimum absolute atomic E-state index is 0.131. The zero-order valence-electron chi connectivity index (χ0n) is 12.6. The van der Waals surface area contributed by atoms with E-state index in [2.05, 4.69) is 0 Å². The molecule has 0 bridgehead atoms. The Balaban J connectivity index is 1.97. The SMILES string of the molecule is COc1ccc2oc(C)c(C(=O)N3CC[C@@H](C(N)=O)C3)c2c1. The maximum Gasteiger partial charge on any atom is 0.258 e. The van der Waals surface area contributed by atoms with Crippen LogP contribution in [0.3, 0.4) is 0 Å². The van der Waals surface area contributed by atoms with Crippen LogP contribution in [0.15, 0.2) is 22.6 Å². The molecule has 0 unspecified atom stereocenters. The van der Waals surface area contributed by atoms with E-state index in [0.29, 0.717) is 42.2 Å². The molecule has 2 amide bonds. The van der Waals surface area contributed by atoms with Crippen molar-refractivity contribution in [2.45, 2.75) is 13.3 Å². The number of fused-ring (bicyclic) bond motifs is 1. The van der Waals surface area contributed by atoms with E-state index in [-0.39, 0.29) is 17.7 Å². The van der Waals surface area contributed by atoms with E-state index in [9.17, 15) is 9.59 Å². The third-order valence-electron chi connectivity index (χ3n) is 4.16. The predicted molar refractivity (Wildman–Crippen MR) is 80.7 cm³/mol. The Morgan fingerprint density at radius 2 is 2.18 bits per heavy atom. The van der Waals surface area contributed by atoms with Gasteiger partial charge in [-0.05, 0) is 31.5 Å². The number of primary amides is 1. The van der Waals surface area contributed by atoms with Gasteiger partial charge in [0.2, 0.25) is 5.91 Å². The lowest BCUT2D eigenvalue weighted by Gasteiger charge is -2.15. The number of aryl methyl sites for hydroxylation is 1. The Bertz CT molecular complexity index is 750. The Morgan fingerprint density at radius 1 is 1.41 bits per heavy atom. The third kappa shape index (κ3) is 2.30. The number of hydrogen-bond acceptors (Lipinski definition) is 4. The number of rotatable bonds is 3. The summed E-state index contributed by atoms with van der Waals surface area (Å²) in [7, 11) is 1.58. The molecule has 1 atom stereocenters. The van der Waals surface area contributed by atoms with Crippen molar-refractivity contribution in [2.75, 3.05) is 20.2 Å². The normalized spacial score (nSPS) is 17.9. The standard InChI is InChI=1S/C16H18N2O4/c1-9-14(12-7-11(21-2)3-4-13(12)22-9)16(20)18-6-5-10(8-18)15(17)19/h3-4,7,10H,5-6,8H2,1-2H3,(H2,17,19)/t10-/m1/s1. The summed E-state index contributed by atoms with van der Waals surface area (Å²) < 4.78 is 10.9. The zero-order valence-corrected chi connectivity index (χ0v) is 12.6. The summed E-state index contributed by atoms with van der Waals surface area (Å²) in [4.78, 5) is 25.7. The number of nitrogens with two attached hydrogens (primary N) is 1. The highest BCUT2D eigenvalue weighted by Crippen LogP contribution is 2.31. The van der Waals surface area contributed by atoms with Crippen LogP contribution in [-0.2, 0) is 4.79 Å². The van der Waals surface area contributed by atoms with Crippen LogP contribution >= 0.6 is 0 Å². The monoisotopic (exact) mass is 302 g/mol. The van der Waals surface area contributed by atoms with Gasteiger partial charge in [-0.25, -0.2) is 0 Å². The molecule has 2 aromatic rings. The van der Waals surface area contributed by atoms with Gasteiger partial charge in [-0.3, -0.25) is 9.59 Å². The third-order valence-corrected chi connectivity index (χ3v) is 4.16. The summed E-state index contributed by atoms with van der Waals surface area (Å²) in [5.41, 5.74) is 6.50. The second-order valence-electron chi connectivity index (χ2n) is 5.53. The molecule has 6 nitrogen and oxygen atoms in total. The number of benzene rings is 1. The molecule has 116 valence electrons. The van der Waals surface area contributed by atoms with Crippen molar-refractivity contribution >= 4 is 22.8 Å². The first-order valence-electron chi connectivity index (χ1n) is 7.17. The number of ether oxygens (including phenoxy) is 1. The molecule has 1 saturated heterocycles. The van der Waals surface area contributed by atoms with Gasteiger partial charge in [0.1, 0.15) is 17.1 Å². The molecule has 1 aliphatic rings. The lowest BCUT2D eigenvalue weighted by molar-refractivity contribution is -0.121. The summed E-state index contributed by atoms with van der Waals surface area (Å²) in [6.45, 7) is 2.66. The highest BCUT2D eigenvalue weighted by molar-refractivity contribution is 6.07. The van der Waals surface area contributed by atoms with Crippen molar-refractivity contribution < 1.29 is 18.7 Å². The van der Waals surface area contributed by atoms with Crippen molar-refractivity contribution in [3.63, 3.8) is 0 Å². The fourth-order valence-electron chi connectivity index (χ4n) is 2.93. The van der Waals surface area contributed by atoms with Crippen LogP contribution in [0.25, 0.3) is 11.0 Å². The van der Waals surface area contributed by atoms with Gasteiger partial charge in [-0.2, -0.15) is 0 Å². The molecule has 0 spiro atoms. The topological polar surface area (TPSA) is 85.8 Å². The lowest BCUT2D eigenvalue weighted by Crippen LogP contribution is -2.31. The summed E-state index contributed by atoms with van der Waals surface area (Å²) in [5, 5.41) is 0.726. The van der Waals surface area contributed by atoms with Gasteiger partial charge in [0.05, 0.1) is 18.6 Å². The van der Waals surface area contributed by atoms with Crippen LogP contribution in [0.2, 0.25) is 0 Å². The molecule has 1 fully saturated rings.